The molecule has 1 saturated heterocycles. The summed E-state index contributed by atoms with van der Waals surface area (Å²) < 4.78 is 22.2. The minimum absolute atomic E-state index is 0.0968. The molecule has 0 aromatic rings. The second kappa shape index (κ2) is 3.91. The molecular formula is C8H13NO3S. The van der Waals surface area contributed by atoms with E-state index in [0.29, 0.717) is 19.4 Å². The topological polar surface area (TPSA) is 54.5 Å². The van der Waals surface area contributed by atoms with Crippen LogP contribution in [0.15, 0.2) is 12.7 Å². The Balaban J connectivity index is 2.62. The van der Waals surface area contributed by atoms with Gasteiger partial charge in [-0.3, -0.25) is 4.79 Å². The first-order valence-corrected chi connectivity index (χ1v) is 5.93. The van der Waals surface area contributed by atoms with Crippen molar-refractivity contribution < 1.29 is 13.2 Å². The van der Waals surface area contributed by atoms with Crippen LogP contribution < -0.4 is 0 Å². The summed E-state index contributed by atoms with van der Waals surface area (Å²) in [5.74, 6) is 0.290. The standard InChI is InChI=1S/C8H13NO3S/c1-2-4-9(7-10)8-3-5-13(11,12)6-8/h2,7-8H,1,3-6H2. The van der Waals surface area contributed by atoms with Gasteiger partial charge in [-0.05, 0) is 6.42 Å². The molecule has 1 rings (SSSR count). The Labute approximate surface area is 78.1 Å². The highest BCUT2D eigenvalue weighted by atomic mass is 32.2. The van der Waals surface area contributed by atoms with Crippen molar-refractivity contribution in [3.05, 3.63) is 12.7 Å². The van der Waals surface area contributed by atoms with Crippen LogP contribution in [-0.2, 0) is 14.6 Å². The number of nitrogens with zero attached hydrogens (tertiary/aromatic N) is 1. The molecule has 5 heteroatoms. The van der Waals surface area contributed by atoms with E-state index in [9.17, 15) is 13.2 Å². The first kappa shape index (κ1) is 10.2. The zero-order chi connectivity index (χ0) is 9.90. The monoisotopic (exact) mass is 203 g/mol. The van der Waals surface area contributed by atoms with Crippen LogP contribution in [0.25, 0.3) is 0 Å². The molecule has 1 fully saturated rings. The van der Waals surface area contributed by atoms with Crippen molar-refractivity contribution in [2.45, 2.75) is 12.5 Å². The third-order valence-corrected chi connectivity index (χ3v) is 3.90. The Hall–Kier alpha value is -0.840. The first-order valence-electron chi connectivity index (χ1n) is 4.11. The molecular weight excluding hydrogens is 190 g/mol. The van der Waals surface area contributed by atoms with E-state index in [1.807, 2.05) is 0 Å². The van der Waals surface area contributed by atoms with Crippen molar-refractivity contribution in [1.29, 1.82) is 0 Å². The van der Waals surface area contributed by atoms with E-state index < -0.39 is 9.84 Å². The van der Waals surface area contributed by atoms with Crippen molar-refractivity contribution in [2.24, 2.45) is 0 Å². The van der Waals surface area contributed by atoms with Crippen molar-refractivity contribution in [1.82, 2.24) is 4.90 Å². The largest absolute Gasteiger partial charge is 0.338 e. The lowest BCUT2D eigenvalue weighted by Gasteiger charge is -2.21. The van der Waals surface area contributed by atoms with Crippen molar-refractivity contribution in [3.63, 3.8) is 0 Å². The summed E-state index contributed by atoms with van der Waals surface area (Å²) in [6, 6.07) is -0.152. The van der Waals surface area contributed by atoms with E-state index in [2.05, 4.69) is 6.58 Å². The highest BCUT2D eigenvalue weighted by molar-refractivity contribution is 7.91. The molecule has 0 radical (unpaired) electrons. The molecule has 0 saturated carbocycles. The number of carbonyl (C=O) groups is 1. The Bertz CT molecular complexity index is 297. The number of hydrogen-bond acceptors (Lipinski definition) is 3. The lowest BCUT2D eigenvalue weighted by molar-refractivity contribution is -0.119. The molecule has 1 aliphatic heterocycles. The fraction of sp³-hybridized carbons (Fsp3) is 0.625. The van der Waals surface area contributed by atoms with Gasteiger partial charge >= 0.3 is 0 Å². The SMILES string of the molecule is C=CCN(C=O)C1CCS(=O)(=O)C1. The average Bonchev–Trinajstić information content (AvgIpc) is 2.42. The molecule has 0 aliphatic carbocycles. The Morgan fingerprint density at radius 1 is 1.54 bits per heavy atom. The van der Waals surface area contributed by atoms with Crippen LogP contribution in [0.5, 0.6) is 0 Å². The molecule has 1 aliphatic rings. The van der Waals surface area contributed by atoms with Gasteiger partial charge in [0, 0.05) is 12.6 Å². The molecule has 1 amide bonds. The number of rotatable bonds is 4. The van der Waals surface area contributed by atoms with Crippen molar-refractivity contribution in [3.8, 4) is 0 Å². The maximum Gasteiger partial charge on any atom is 0.210 e. The predicted octanol–water partition coefficient (Wildman–Crippen LogP) is -0.182. The van der Waals surface area contributed by atoms with E-state index in [0.717, 1.165) is 0 Å². The van der Waals surface area contributed by atoms with Gasteiger partial charge in [0.25, 0.3) is 0 Å². The summed E-state index contributed by atoms with van der Waals surface area (Å²) in [5, 5.41) is 0. The molecule has 74 valence electrons. The summed E-state index contributed by atoms with van der Waals surface area (Å²) in [7, 11) is -2.90. The summed E-state index contributed by atoms with van der Waals surface area (Å²) >= 11 is 0. The molecule has 0 bridgehead atoms. The minimum Gasteiger partial charge on any atom is -0.338 e. The third kappa shape index (κ3) is 2.55. The van der Waals surface area contributed by atoms with Gasteiger partial charge in [-0.25, -0.2) is 8.42 Å². The highest BCUT2D eigenvalue weighted by Crippen LogP contribution is 2.16. The van der Waals surface area contributed by atoms with Gasteiger partial charge < -0.3 is 4.90 Å². The maximum absolute atomic E-state index is 11.1. The van der Waals surface area contributed by atoms with E-state index >= 15 is 0 Å². The fourth-order valence-electron chi connectivity index (χ4n) is 1.46. The van der Waals surface area contributed by atoms with E-state index in [1.165, 1.54) is 4.90 Å². The van der Waals surface area contributed by atoms with Gasteiger partial charge in [0.15, 0.2) is 9.84 Å². The number of amides is 1. The van der Waals surface area contributed by atoms with Gasteiger partial charge in [-0.15, -0.1) is 6.58 Å². The molecule has 0 aromatic heterocycles. The molecule has 0 N–H and O–H groups in total. The predicted molar refractivity (Wildman–Crippen MR) is 50.0 cm³/mol. The smallest absolute Gasteiger partial charge is 0.210 e. The summed E-state index contributed by atoms with van der Waals surface area (Å²) in [4.78, 5) is 12.1. The van der Waals surface area contributed by atoms with Crippen LogP contribution >= 0.6 is 0 Å². The van der Waals surface area contributed by atoms with Crippen LogP contribution in [-0.4, -0.2) is 43.8 Å². The second-order valence-corrected chi connectivity index (χ2v) is 5.38. The first-order chi connectivity index (χ1) is 6.09. The molecule has 4 nitrogen and oxygen atoms in total. The number of hydrogen-bond donors (Lipinski definition) is 0. The van der Waals surface area contributed by atoms with Gasteiger partial charge in [-0.2, -0.15) is 0 Å². The lowest BCUT2D eigenvalue weighted by atomic mass is 10.2. The molecule has 0 spiro atoms. The van der Waals surface area contributed by atoms with E-state index in [4.69, 9.17) is 0 Å². The normalized spacial score (nSPS) is 25.4. The van der Waals surface area contributed by atoms with Gasteiger partial charge in [0.2, 0.25) is 6.41 Å². The number of carbonyl (C=O) groups excluding carboxylic acids is 1. The molecule has 1 heterocycles. The Morgan fingerprint density at radius 2 is 2.23 bits per heavy atom. The lowest BCUT2D eigenvalue weighted by Crippen LogP contribution is -2.35. The van der Waals surface area contributed by atoms with Gasteiger partial charge in [0.1, 0.15) is 0 Å². The maximum atomic E-state index is 11.1. The van der Waals surface area contributed by atoms with Crippen LogP contribution in [0.4, 0.5) is 0 Å². The van der Waals surface area contributed by atoms with Crippen LogP contribution in [0.2, 0.25) is 0 Å². The van der Waals surface area contributed by atoms with E-state index in [-0.39, 0.29) is 17.5 Å². The van der Waals surface area contributed by atoms with Crippen molar-refractivity contribution in [2.75, 3.05) is 18.1 Å². The highest BCUT2D eigenvalue weighted by Gasteiger charge is 2.31. The fourth-order valence-corrected chi connectivity index (χ4v) is 3.21. The van der Waals surface area contributed by atoms with Crippen molar-refractivity contribution >= 4 is 16.2 Å². The molecule has 13 heavy (non-hydrogen) atoms. The van der Waals surface area contributed by atoms with E-state index in [1.54, 1.807) is 6.08 Å². The third-order valence-electron chi connectivity index (χ3n) is 2.15. The number of sulfone groups is 1. The van der Waals surface area contributed by atoms with Gasteiger partial charge in [-0.1, -0.05) is 6.08 Å². The van der Waals surface area contributed by atoms with Crippen LogP contribution in [0.3, 0.4) is 0 Å². The summed E-state index contributed by atoms with van der Waals surface area (Å²) in [6.45, 7) is 3.93. The zero-order valence-corrected chi connectivity index (χ0v) is 8.16. The molecule has 0 aromatic carbocycles. The molecule has 1 atom stereocenters. The summed E-state index contributed by atoms with van der Waals surface area (Å²) in [5.41, 5.74) is 0. The van der Waals surface area contributed by atoms with Gasteiger partial charge in [0.05, 0.1) is 11.5 Å². The molecule has 1 unspecified atom stereocenters. The van der Waals surface area contributed by atoms with Crippen LogP contribution in [0, 0.1) is 0 Å². The second-order valence-electron chi connectivity index (χ2n) is 3.15. The van der Waals surface area contributed by atoms with Crippen LogP contribution in [0.1, 0.15) is 6.42 Å². The minimum atomic E-state index is -2.90. The zero-order valence-electron chi connectivity index (χ0n) is 7.35. The Kier molecular flexibility index (Phi) is 3.08. The Morgan fingerprint density at radius 3 is 2.62 bits per heavy atom. The quantitative estimate of drug-likeness (QED) is 0.470. The average molecular weight is 203 g/mol. The summed E-state index contributed by atoms with van der Waals surface area (Å²) in [6.07, 6.45) is 2.83.